The van der Waals surface area contributed by atoms with Gasteiger partial charge < -0.3 is 11.1 Å². The van der Waals surface area contributed by atoms with Crippen molar-refractivity contribution in [3.05, 3.63) is 18.0 Å². The number of nitrogen functional groups attached to an aromatic ring is 1. The van der Waals surface area contributed by atoms with Crippen LogP contribution in [0.4, 0.5) is 5.95 Å². The molecule has 0 spiro atoms. The third-order valence-corrected chi connectivity index (χ3v) is 2.65. The van der Waals surface area contributed by atoms with E-state index in [1.165, 1.54) is 18.4 Å². The zero-order valence-corrected chi connectivity index (χ0v) is 8.24. The molecule has 0 aliphatic carbocycles. The summed E-state index contributed by atoms with van der Waals surface area (Å²) < 4.78 is 0. The van der Waals surface area contributed by atoms with E-state index >= 15 is 0 Å². The lowest BCUT2D eigenvalue weighted by Crippen LogP contribution is -2.30. The number of nitrogens with zero attached hydrogens (tertiary/aromatic N) is 2. The van der Waals surface area contributed by atoms with Crippen LogP contribution in [0.1, 0.15) is 18.4 Å². The first-order chi connectivity index (χ1) is 6.84. The van der Waals surface area contributed by atoms with Gasteiger partial charge in [-0.05, 0) is 43.8 Å². The Bertz CT molecular complexity index is 277. The molecule has 1 fully saturated rings. The van der Waals surface area contributed by atoms with Crippen molar-refractivity contribution >= 4 is 5.95 Å². The van der Waals surface area contributed by atoms with Crippen LogP contribution in [0.25, 0.3) is 0 Å². The minimum absolute atomic E-state index is 0.357. The van der Waals surface area contributed by atoms with Crippen LogP contribution in [0.5, 0.6) is 0 Å². The number of nitrogens with one attached hydrogen (secondary N) is 1. The zero-order chi connectivity index (χ0) is 9.80. The lowest BCUT2D eigenvalue weighted by Gasteiger charge is -2.22. The highest BCUT2D eigenvalue weighted by molar-refractivity contribution is 5.17. The van der Waals surface area contributed by atoms with Gasteiger partial charge in [-0.15, -0.1) is 0 Å². The maximum absolute atomic E-state index is 5.43. The fourth-order valence-electron chi connectivity index (χ4n) is 1.90. The summed E-state index contributed by atoms with van der Waals surface area (Å²) in [5.41, 5.74) is 6.61. The summed E-state index contributed by atoms with van der Waals surface area (Å²) >= 11 is 0. The molecule has 0 radical (unpaired) electrons. The van der Waals surface area contributed by atoms with E-state index in [2.05, 4.69) is 15.3 Å². The second-order valence-corrected chi connectivity index (χ2v) is 3.87. The van der Waals surface area contributed by atoms with Crippen LogP contribution in [0.2, 0.25) is 0 Å². The minimum Gasteiger partial charge on any atom is -0.368 e. The molecule has 76 valence electrons. The van der Waals surface area contributed by atoms with Crippen LogP contribution in [0.15, 0.2) is 12.4 Å². The van der Waals surface area contributed by atoms with Crippen LogP contribution in [0.3, 0.4) is 0 Å². The molecule has 1 atom stereocenters. The van der Waals surface area contributed by atoms with Crippen molar-refractivity contribution in [2.24, 2.45) is 5.92 Å². The van der Waals surface area contributed by atoms with E-state index < -0.39 is 0 Å². The molecule has 2 rings (SSSR count). The summed E-state index contributed by atoms with van der Waals surface area (Å²) in [6, 6.07) is 0. The van der Waals surface area contributed by atoms with Crippen molar-refractivity contribution < 1.29 is 0 Å². The molecule has 2 heterocycles. The largest absolute Gasteiger partial charge is 0.368 e. The highest BCUT2D eigenvalue weighted by Crippen LogP contribution is 2.15. The van der Waals surface area contributed by atoms with Crippen molar-refractivity contribution in [1.29, 1.82) is 0 Å². The van der Waals surface area contributed by atoms with Crippen LogP contribution >= 0.6 is 0 Å². The molecule has 3 N–H and O–H groups in total. The molecule has 0 amide bonds. The lowest BCUT2D eigenvalue weighted by molar-refractivity contribution is 0.375. The summed E-state index contributed by atoms with van der Waals surface area (Å²) in [6.45, 7) is 2.28. The molecule has 1 aliphatic rings. The molecule has 0 bridgehead atoms. The quantitative estimate of drug-likeness (QED) is 0.720. The van der Waals surface area contributed by atoms with E-state index in [0.29, 0.717) is 5.95 Å². The van der Waals surface area contributed by atoms with Gasteiger partial charge in [-0.3, -0.25) is 0 Å². The van der Waals surface area contributed by atoms with Gasteiger partial charge in [0, 0.05) is 12.4 Å². The monoisotopic (exact) mass is 192 g/mol. The van der Waals surface area contributed by atoms with Crippen molar-refractivity contribution in [2.75, 3.05) is 18.8 Å². The average molecular weight is 192 g/mol. The standard InChI is InChI=1S/C10H16N4/c11-10-13-6-9(7-14-10)4-8-2-1-3-12-5-8/h6-8,12H,1-5H2,(H2,11,13,14). The molecule has 1 aromatic heterocycles. The number of hydrogen-bond donors (Lipinski definition) is 2. The van der Waals surface area contributed by atoms with Crippen molar-refractivity contribution in [1.82, 2.24) is 15.3 Å². The zero-order valence-electron chi connectivity index (χ0n) is 8.24. The second-order valence-electron chi connectivity index (χ2n) is 3.87. The first-order valence-electron chi connectivity index (χ1n) is 5.12. The van der Waals surface area contributed by atoms with Gasteiger partial charge in [-0.2, -0.15) is 0 Å². The molecule has 1 saturated heterocycles. The van der Waals surface area contributed by atoms with Crippen molar-refractivity contribution in [2.45, 2.75) is 19.3 Å². The SMILES string of the molecule is Nc1ncc(CC2CCCNC2)cn1. The number of anilines is 1. The van der Waals surface area contributed by atoms with E-state index in [4.69, 9.17) is 5.73 Å². The molecular formula is C10H16N4. The number of aromatic nitrogens is 2. The molecule has 0 saturated carbocycles. The first kappa shape index (κ1) is 9.40. The molecule has 4 heteroatoms. The molecule has 1 unspecified atom stereocenters. The second kappa shape index (κ2) is 4.37. The van der Waals surface area contributed by atoms with Gasteiger partial charge in [0.05, 0.1) is 0 Å². The molecule has 4 nitrogen and oxygen atoms in total. The van der Waals surface area contributed by atoms with E-state index in [-0.39, 0.29) is 0 Å². The third kappa shape index (κ3) is 2.42. The topological polar surface area (TPSA) is 63.8 Å². The maximum Gasteiger partial charge on any atom is 0.219 e. The van der Waals surface area contributed by atoms with Gasteiger partial charge in [-0.1, -0.05) is 0 Å². The van der Waals surface area contributed by atoms with E-state index in [1.54, 1.807) is 0 Å². The van der Waals surface area contributed by atoms with Gasteiger partial charge in [-0.25, -0.2) is 9.97 Å². The smallest absolute Gasteiger partial charge is 0.219 e. The Hall–Kier alpha value is -1.16. The maximum atomic E-state index is 5.43. The Morgan fingerprint density at radius 3 is 2.86 bits per heavy atom. The average Bonchev–Trinajstić information content (AvgIpc) is 2.23. The fraction of sp³-hybridized carbons (Fsp3) is 0.600. The first-order valence-corrected chi connectivity index (χ1v) is 5.12. The molecule has 14 heavy (non-hydrogen) atoms. The Kier molecular flexibility index (Phi) is 2.93. The fourth-order valence-corrected chi connectivity index (χ4v) is 1.90. The summed E-state index contributed by atoms with van der Waals surface area (Å²) in [6.07, 6.45) is 7.30. The summed E-state index contributed by atoms with van der Waals surface area (Å²) in [4.78, 5) is 7.98. The normalized spacial score (nSPS) is 22.1. The van der Waals surface area contributed by atoms with Gasteiger partial charge >= 0.3 is 0 Å². The van der Waals surface area contributed by atoms with E-state index in [1.807, 2.05) is 12.4 Å². The lowest BCUT2D eigenvalue weighted by atomic mass is 9.93. The highest BCUT2D eigenvalue weighted by Gasteiger charge is 2.13. The number of piperidine rings is 1. The van der Waals surface area contributed by atoms with E-state index in [9.17, 15) is 0 Å². The predicted molar refractivity (Wildman–Crippen MR) is 55.7 cm³/mol. The Morgan fingerprint density at radius 2 is 2.21 bits per heavy atom. The molecular weight excluding hydrogens is 176 g/mol. The molecule has 1 aliphatic heterocycles. The predicted octanol–water partition coefficient (Wildman–Crippen LogP) is 0.601. The Morgan fingerprint density at radius 1 is 1.43 bits per heavy atom. The van der Waals surface area contributed by atoms with Crippen LogP contribution < -0.4 is 11.1 Å². The number of hydrogen-bond acceptors (Lipinski definition) is 4. The summed E-state index contributed by atoms with van der Waals surface area (Å²) in [5, 5.41) is 3.40. The number of rotatable bonds is 2. The third-order valence-electron chi connectivity index (χ3n) is 2.65. The van der Waals surface area contributed by atoms with Gasteiger partial charge in [0.15, 0.2) is 0 Å². The van der Waals surface area contributed by atoms with Crippen molar-refractivity contribution in [3.8, 4) is 0 Å². The van der Waals surface area contributed by atoms with Gasteiger partial charge in [0.1, 0.15) is 0 Å². The summed E-state index contributed by atoms with van der Waals surface area (Å²) in [7, 11) is 0. The Labute approximate surface area is 83.9 Å². The Balaban J connectivity index is 1.92. The molecule has 1 aromatic rings. The number of nitrogens with two attached hydrogens (primary N) is 1. The van der Waals surface area contributed by atoms with Crippen molar-refractivity contribution in [3.63, 3.8) is 0 Å². The van der Waals surface area contributed by atoms with Crippen LogP contribution in [0, 0.1) is 5.92 Å². The minimum atomic E-state index is 0.357. The molecule has 0 aromatic carbocycles. The highest BCUT2D eigenvalue weighted by atomic mass is 15.0. The summed E-state index contributed by atoms with van der Waals surface area (Å²) in [5.74, 6) is 1.09. The van der Waals surface area contributed by atoms with Gasteiger partial charge in [0.25, 0.3) is 0 Å². The van der Waals surface area contributed by atoms with E-state index in [0.717, 1.165) is 25.4 Å². The van der Waals surface area contributed by atoms with Crippen LogP contribution in [-0.4, -0.2) is 23.1 Å². The van der Waals surface area contributed by atoms with Crippen LogP contribution in [-0.2, 0) is 6.42 Å². The van der Waals surface area contributed by atoms with Gasteiger partial charge in [0.2, 0.25) is 5.95 Å².